The Labute approximate surface area is 158 Å². The van der Waals surface area contributed by atoms with E-state index in [-0.39, 0.29) is 18.4 Å². The Morgan fingerprint density at radius 1 is 1.20 bits per heavy atom. The number of hydrogen-bond acceptors (Lipinski definition) is 3. The van der Waals surface area contributed by atoms with Crippen LogP contribution in [0.5, 0.6) is 0 Å². The molecular formula is C19H22Cl2N2O2. The molecule has 1 aromatic carbocycles. The number of hydrogen-bond donors (Lipinski definition) is 1. The predicted octanol–water partition coefficient (Wildman–Crippen LogP) is 4.47. The van der Waals surface area contributed by atoms with Crippen LogP contribution in [0.25, 0.3) is 0 Å². The van der Waals surface area contributed by atoms with E-state index >= 15 is 0 Å². The molecule has 4 nitrogen and oxygen atoms in total. The minimum absolute atomic E-state index is 0.0576. The number of nitrogens with zero attached hydrogens (tertiary/aromatic N) is 1. The summed E-state index contributed by atoms with van der Waals surface area (Å²) in [6.45, 7) is 2.59. The number of likely N-dealkylation sites (tertiary alicyclic amines) is 1. The van der Waals surface area contributed by atoms with Crippen LogP contribution >= 0.6 is 23.2 Å². The number of piperidine rings is 1. The van der Waals surface area contributed by atoms with Crippen LogP contribution in [0.3, 0.4) is 0 Å². The average molecular weight is 381 g/mol. The van der Waals surface area contributed by atoms with E-state index in [4.69, 9.17) is 27.6 Å². The molecule has 1 aliphatic heterocycles. The van der Waals surface area contributed by atoms with Crippen LogP contribution < -0.4 is 5.32 Å². The van der Waals surface area contributed by atoms with Crippen molar-refractivity contribution >= 4 is 29.1 Å². The molecule has 1 fully saturated rings. The lowest BCUT2D eigenvalue weighted by atomic mass is 10.1. The van der Waals surface area contributed by atoms with Crippen molar-refractivity contribution < 1.29 is 9.21 Å². The second kappa shape index (κ2) is 8.75. The largest absolute Gasteiger partial charge is 0.468 e. The number of carbonyl (C=O) groups is 1. The number of benzene rings is 1. The molecule has 1 saturated heterocycles. The van der Waals surface area contributed by atoms with Crippen LogP contribution in [0.1, 0.15) is 36.6 Å². The molecule has 0 radical (unpaired) electrons. The molecule has 25 heavy (non-hydrogen) atoms. The molecule has 0 bridgehead atoms. The summed E-state index contributed by atoms with van der Waals surface area (Å²) in [6.07, 6.45) is 5.56. The zero-order chi connectivity index (χ0) is 17.6. The van der Waals surface area contributed by atoms with Crippen molar-refractivity contribution in [2.75, 3.05) is 19.6 Å². The Morgan fingerprint density at radius 2 is 2.00 bits per heavy atom. The molecule has 1 atom stereocenters. The van der Waals surface area contributed by atoms with Gasteiger partial charge < -0.3 is 9.73 Å². The second-order valence-corrected chi connectivity index (χ2v) is 7.19. The van der Waals surface area contributed by atoms with Crippen molar-refractivity contribution in [3.8, 4) is 0 Å². The average Bonchev–Trinajstić information content (AvgIpc) is 3.13. The zero-order valence-electron chi connectivity index (χ0n) is 14.0. The lowest BCUT2D eigenvalue weighted by Crippen LogP contribution is -2.40. The SMILES string of the molecule is O=C(Cc1ccc(Cl)cc1Cl)NCC(c1ccco1)N1CCCCC1. The minimum Gasteiger partial charge on any atom is -0.468 e. The second-order valence-electron chi connectivity index (χ2n) is 6.34. The Morgan fingerprint density at radius 3 is 2.68 bits per heavy atom. The predicted molar refractivity (Wildman–Crippen MR) is 100 cm³/mol. The molecule has 6 heteroatoms. The van der Waals surface area contributed by atoms with E-state index in [1.165, 1.54) is 19.3 Å². The molecule has 0 saturated carbocycles. The van der Waals surface area contributed by atoms with Gasteiger partial charge in [0.2, 0.25) is 5.91 Å². The molecule has 134 valence electrons. The molecule has 0 aliphatic carbocycles. The molecule has 3 rings (SSSR count). The zero-order valence-corrected chi connectivity index (χ0v) is 15.5. The summed E-state index contributed by atoms with van der Waals surface area (Å²) in [5.74, 6) is 0.838. The number of carbonyl (C=O) groups excluding carboxylic acids is 1. The fourth-order valence-electron chi connectivity index (χ4n) is 3.23. The van der Waals surface area contributed by atoms with Gasteiger partial charge in [-0.1, -0.05) is 35.7 Å². The van der Waals surface area contributed by atoms with Crippen LogP contribution in [0, 0.1) is 0 Å². The monoisotopic (exact) mass is 380 g/mol. The Kier molecular flexibility index (Phi) is 6.40. The third-order valence-corrected chi connectivity index (χ3v) is 5.15. The minimum atomic E-state index is -0.0576. The molecule has 1 unspecified atom stereocenters. The van der Waals surface area contributed by atoms with Gasteiger partial charge in [0.1, 0.15) is 5.76 Å². The smallest absolute Gasteiger partial charge is 0.224 e. The van der Waals surface area contributed by atoms with E-state index in [1.54, 1.807) is 24.5 Å². The van der Waals surface area contributed by atoms with Crippen LogP contribution in [-0.2, 0) is 11.2 Å². The van der Waals surface area contributed by atoms with Crippen molar-refractivity contribution in [1.29, 1.82) is 0 Å². The molecule has 1 aromatic heterocycles. The van der Waals surface area contributed by atoms with E-state index in [1.807, 2.05) is 12.1 Å². The fraction of sp³-hybridized carbons (Fsp3) is 0.421. The molecule has 1 N–H and O–H groups in total. The Bertz CT molecular complexity index is 697. The summed E-state index contributed by atoms with van der Waals surface area (Å²) >= 11 is 12.0. The highest BCUT2D eigenvalue weighted by atomic mass is 35.5. The fourth-order valence-corrected chi connectivity index (χ4v) is 3.71. The first-order valence-corrected chi connectivity index (χ1v) is 9.37. The Balaban J connectivity index is 1.61. The van der Waals surface area contributed by atoms with Crippen molar-refractivity contribution in [2.24, 2.45) is 0 Å². The standard InChI is InChI=1S/C19H22Cl2N2O2/c20-15-7-6-14(16(21)12-15)11-19(24)22-13-17(18-5-4-10-25-18)23-8-2-1-3-9-23/h4-7,10,12,17H,1-3,8-9,11,13H2,(H,22,24). The molecule has 2 aromatic rings. The molecular weight excluding hydrogens is 359 g/mol. The van der Waals surface area contributed by atoms with Crippen LogP contribution in [0.2, 0.25) is 10.0 Å². The van der Waals surface area contributed by atoms with Gasteiger partial charge in [-0.05, 0) is 55.8 Å². The maximum Gasteiger partial charge on any atom is 0.224 e. The number of furan rings is 1. The molecule has 1 aliphatic rings. The van der Waals surface area contributed by atoms with Gasteiger partial charge in [0.15, 0.2) is 0 Å². The van der Waals surface area contributed by atoms with E-state index in [0.717, 1.165) is 24.4 Å². The van der Waals surface area contributed by atoms with Crippen molar-refractivity contribution in [2.45, 2.75) is 31.7 Å². The topological polar surface area (TPSA) is 45.5 Å². The summed E-state index contributed by atoms with van der Waals surface area (Å²) in [4.78, 5) is 14.7. The third-order valence-electron chi connectivity index (χ3n) is 4.56. The summed E-state index contributed by atoms with van der Waals surface area (Å²) in [5.41, 5.74) is 0.774. The van der Waals surface area contributed by atoms with Crippen LogP contribution in [0.15, 0.2) is 41.0 Å². The highest BCUT2D eigenvalue weighted by Crippen LogP contribution is 2.25. The lowest BCUT2D eigenvalue weighted by Gasteiger charge is -2.33. The highest BCUT2D eigenvalue weighted by Gasteiger charge is 2.25. The third kappa shape index (κ3) is 5.00. The van der Waals surface area contributed by atoms with Gasteiger partial charge in [0.25, 0.3) is 0 Å². The summed E-state index contributed by atoms with van der Waals surface area (Å²) in [5, 5.41) is 4.11. The highest BCUT2D eigenvalue weighted by molar-refractivity contribution is 6.35. The number of halogens is 2. The number of nitrogens with one attached hydrogen (secondary N) is 1. The lowest BCUT2D eigenvalue weighted by molar-refractivity contribution is -0.120. The normalized spacial score (nSPS) is 16.6. The van der Waals surface area contributed by atoms with Crippen LogP contribution in [-0.4, -0.2) is 30.4 Å². The van der Waals surface area contributed by atoms with E-state index < -0.39 is 0 Å². The van der Waals surface area contributed by atoms with Gasteiger partial charge in [-0.25, -0.2) is 0 Å². The van der Waals surface area contributed by atoms with Crippen molar-refractivity contribution in [1.82, 2.24) is 10.2 Å². The van der Waals surface area contributed by atoms with Gasteiger partial charge in [0, 0.05) is 16.6 Å². The number of rotatable bonds is 6. The van der Waals surface area contributed by atoms with Gasteiger partial charge in [-0.3, -0.25) is 9.69 Å². The van der Waals surface area contributed by atoms with Crippen molar-refractivity contribution in [3.63, 3.8) is 0 Å². The first-order valence-electron chi connectivity index (χ1n) is 8.61. The van der Waals surface area contributed by atoms with Gasteiger partial charge in [0.05, 0.1) is 18.7 Å². The van der Waals surface area contributed by atoms with Gasteiger partial charge in [-0.15, -0.1) is 0 Å². The number of amides is 1. The molecule has 1 amide bonds. The van der Waals surface area contributed by atoms with E-state index in [2.05, 4.69) is 10.2 Å². The summed E-state index contributed by atoms with van der Waals surface area (Å²) in [6, 6.07) is 9.13. The molecule has 2 heterocycles. The van der Waals surface area contributed by atoms with E-state index in [0.29, 0.717) is 16.6 Å². The molecule has 0 spiro atoms. The maximum absolute atomic E-state index is 12.4. The Hall–Kier alpha value is -1.49. The maximum atomic E-state index is 12.4. The first-order chi connectivity index (χ1) is 12.1. The quantitative estimate of drug-likeness (QED) is 0.803. The van der Waals surface area contributed by atoms with Crippen molar-refractivity contribution in [3.05, 3.63) is 58.0 Å². The summed E-state index contributed by atoms with van der Waals surface area (Å²) in [7, 11) is 0. The van der Waals surface area contributed by atoms with Crippen LogP contribution in [0.4, 0.5) is 0 Å². The van der Waals surface area contributed by atoms with Gasteiger partial charge in [-0.2, -0.15) is 0 Å². The summed E-state index contributed by atoms with van der Waals surface area (Å²) < 4.78 is 5.60. The first kappa shape index (κ1) is 18.3. The van der Waals surface area contributed by atoms with Gasteiger partial charge >= 0.3 is 0 Å². The van der Waals surface area contributed by atoms with E-state index in [9.17, 15) is 4.79 Å².